The number of imidazole rings is 1. The zero-order valence-corrected chi connectivity index (χ0v) is 11.8. The Kier molecular flexibility index (Phi) is 2.58. The topological polar surface area (TPSA) is 57.8 Å². The van der Waals surface area contributed by atoms with Gasteiger partial charge in [0.25, 0.3) is 0 Å². The van der Waals surface area contributed by atoms with Crippen LogP contribution < -0.4 is 5.32 Å². The first-order chi connectivity index (χ1) is 9.66. The van der Waals surface area contributed by atoms with Crippen molar-refractivity contribution >= 4 is 28.5 Å². The molecule has 2 aliphatic rings. The molecule has 1 atom stereocenters. The number of rotatable bonds is 3. The summed E-state index contributed by atoms with van der Waals surface area (Å²) in [6.45, 7) is 0.456. The average Bonchev–Trinajstić information content (AvgIpc) is 3.04. The normalized spacial score (nSPS) is 22.8. The van der Waals surface area contributed by atoms with Crippen LogP contribution in [-0.4, -0.2) is 15.9 Å². The van der Waals surface area contributed by atoms with Gasteiger partial charge >= 0.3 is 0 Å². The minimum absolute atomic E-state index is 0.184. The summed E-state index contributed by atoms with van der Waals surface area (Å²) < 4.78 is 0. The molecule has 0 aliphatic heterocycles. The number of halogens is 1. The lowest BCUT2D eigenvalue weighted by Gasteiger charge is -2.26. The Morgan fingerprint density at radius 1 is 1.50 bits per heavy atom. The van der Waals surface area contributed by atoms with E-state index in [9.17, 15) is 4.79 Å². The SMILES string of the molecule is O=C(NCc1nc2ccc(Cl)cc2[nH]1)[C@@H]1CC12CCC2. The second-order valence-corrected chi connectivity index (χ2v) is 6.47. The summed E-state index contributed by atoms with van der Waals surface area (Å²) in [5, 5.41) is 3.68. The van der Waals surface area contributed by atoms with E-state index in [4.69, 9.17) is 11.6 Å². The predicted octanol–water partition coefficient (Wildman–Crippen LogP) is 3.02. The molecule has 104 valence electrons. The number of aromatic nitrogens is 2. The molecular formula is C15H16ClN3O. The van der Waals surface area contributed by atoms with Gasteiger partial charge in [-0.25, -0.2) is 4.98 Å². The summed E-state index contributed by atoms with van der Waals surface area (Å²) in [7, 11) is 0. The van der Waals surface area contributed by atoms with Gasteiger partial charge in [-0.05, 0) is 42.9 Å². The Labute approximate surface area is 121 Å². The van der Waals surface area contributed by atoms with E-state index < -0.39 is 0 Å². The van der Waals surface area contributed by atoms with Gasteiger partial charge in [0.2, 0.25) is 5.91 Å². The number of benzene rings is 1. The molecule has 0 unspecified atom stereocenters. The van der Waals surface area contributed by atoms with Crippen molar-refractivity contribution in [3.63, 3.8) is 0 Å². The molecule has 2 saturated carbocycles. The number of fused-ring (bicyclic) bond motifs is 1. The van der Waals surface area contributed by atoms with E-state index in [0.717, 1.165) is 23.3 Å². The van der Waals surface area contributed by atoms with Crippen LogP contribution in [0.4, 0.5) is 0 Å². The summed E-state index contributed by atoms with van der Waals surface area (Å²) in [6.07, 6.45) is 4.82. The third kappa shape index (κ3) is 1.90. The van der Waals surface area contributed by atoms with Gasteiger partial charge in [-0.1, -0.05) is 18.0 Å². The molecule has 20 heavy (non-hydrogen) atoms. The van der Waals surface area contributed by atoms with Crippen LogP contribution in [0.1, 0.15) is 31.5 Å². The highest BCUT2D eigenvalue weighted by Crippen LogP contribution is 2.65. The van der Waals surface area contributed by atoms with E-state index in [1.54, 1.807) is 0 Å². The largest absolute Gasteiger partial charge is 0.349 e. The third-order valence-corrected chi connectivity index (χ3v) is 5.01. The molecule has 1 spiro atoms. The van der Waals surface area contributed by atoms with E-state index in [0.29, 0.717) is 17.0 Å². The molecule has 4 nitrogen and oxygen atoms in total. The smallest absolute Gasteiger partial charge is 0.224 e. The molecule has 2 fully saturated rings. The molecule has 4 rings (SSSR count). The molecule has 0 bridgehead atoms. The maximum Gasteiger partial charge on any atom is 0.224 e. The van der Waals surface area contributed by atoms with Gasteiger partial charge in [-0.2, -0.15) is 0 Å². The van der Waals surface area contributed by atoms with Gasteiger partial charge in [0, 0.05) is 10.9 Å². The van der Waals surface area contributed by atoms with E-state index >= 15 is 0 Å². The molecule has 5 heteroatoms. The Bertz CT molecular complexity index is 689. The summed E-state index contributed by atoms with van der Waals surface area (Å²) >= 11 is 5.94. The van der Waals surface area contributed by atoms with Gasteiger partial charge in [-0.15, -0.1) is 0 Å². The lowest BCUT2D eigenvalue weighted by molar-refractivity contribution is -0.123. The zero-order valence-electron chi connectivity index (χ0n) is 11.1. The standard InChI is InChI=1S/C15H16ClN3O/c16-9-2-3-11-12(6-9)19-13(18-11)8-17-14(20)10-7-15(10)4-1-5-15/h2-3,6,10H,1,4-5,7-8H2,(H,17,20)(H,18,19)/t10-/m0/s1. The first-order valence-corrected chi connectivity index (χ1v) is 7.46. The fourth-order valence-electron chi connectivity index (χ4n) is 3.31. The second-order valence-electron chi connectivity index (χ2n) is 6.04. The molecule has 0 radical (unpaired) electrons. The van der Waals surface area contributed by atoms with Gasteiger partial charge in [-0.3, -0.25) is 4.79 Å². The summed E-state index contributed by atoms with van der Waals surface area (Å²) in [6, 6.07) is 5.54. The molecule has 2 aliphatic carbocycles. The van der Waals surface area contributed by atoms with Crippen LogP contribution in [0.2, 0.25) is 5.02 Å². The van der Waals surface area contributed by atoms with Crippen molar-refractivity contribution in [1.82, 2.24) is 15.3 Å². The molecular weight excluding hydrogens is 274 g/mol. The van der Waals surface area contributed by atoms with Crippen molar-refractivity contribution in [1.29, 1.82) is 0 Å². The Hall–Kier alpha value is -1.55. The van der Waals surface area contributed by atoms with Crippen LogP contribution in [0.25, 0.3) is 11.0 Å². The number of hydrogen-bond donors (Lipinski definition) is 2. The van der Waals surface area contributed by atoms with Crippen molar-refractivity contribution in [2.45, 2.75) is 32.2 Å². The number of nitrogens with zero attached hydrogens (tertiary/aromatic N) is 1. The second kappa shape index (κ2) is 4.22. The van der Waals surface area contributed by atoms with Crippen molar-refractivity contribution < 1.29 is 4.79 Å². The minimum Gasteiger partial charge on any atom is -0.349 e. The van der Waals surface area contributed by atoms with Crippen LogP contribution in [0.5, 0.6) is 0 Å². The van der Waals surface area contributed by atoms with Crippen LogP contribution in [0, 0.1) is 11.3 Å². The van der Waals surface area contributed by atoms with Crippen molar-refractivity contribution in [3.05, 3.63) is 29.0 Å². The monoisotopic (exact) mass is 289 g/mol. The Balaban J connectivity index is 1.42. The molecule has 2 N–H and O–H groups in total. The number of nitrogens with one attached hydrogen (secondary N) is 2. The highest BCUT2D eigenvalue weighted by molar-refractivity contribution is 6.31. The lowest BCUT2D eigenvalue weighted by atomic mass is 9.80. The van der Waals surface area contributed by atoms with Crippen molar-refractivity contribution in [3.8, 4) is 0 Å². The van der Waals surface area contributed by atoms with E-state index in [-0.39, 0.29) is 11.8 Å². The van der Waals surface area contributed by atoms with Crippen LogP contribution in [0.15, 0.2) is 18.2 Å². The first-order valence-electron chi connectivity index (χ1n) is 7.08. The summed E-state index contributed by atoms with van der Waals surface area (Å²) in [5.41, 5.74) is 2.16. The number of hydrogen-bond acceptors (Lipinski definition) is 2. The summed E-state index contributed by atoms with van der Waals surface area (Å²) in [4.78, 5) is 19.7. The Morgan fingerprint density at radius 2 is 2.35 bits per heavy atom. The molecule has 1 aromatic heterocycles. The van der Waals surface area contributed by atoms with Crippen molar-refractivity contribution in [2.75, 3.05) is 0 Å². The molecule has 1 amide bonds. The molecule has 1 aromatic carbocycles. The van der Waals surface area contributed by atoms with Crippen LogP contribution in [0.3, 0.4) is 0 Å². The maximum atomic E-state index is 12.1. The van der Waals surface area contributed by atoms with Gasteiger partial charge in [0.05, 0.1) is 17.6 Å². The zero-order chi connectivity index (χ0) is 13.7. The quantitative estimate of drug-likeness (QED) is 0.912. The number of carbonyl (C=O) groups is 1. The van der Waals surface area contributed by atoms with Crippen molar-refractivity contribution in [2.24, 2.45) is 11.3 Å². The number of aromatic amines is 1. The fraction of sp³-hybridized carbons (Fsp3) is 0.467. The molecule has 1 heterocycles. The number of amides is 1. The maximum absolute atomic E-state index is 12.1. The summed E-state index contributed by atoms with van der Waals surface area (Å²) in [5.74, 6) is 1.21. The number of H-pyrrole nitrogens is 1. The van der Waals surface area contributed by atoms with Gasteiger partial charge < -0.3 is 10.3 Å². The first kappa shape index (κ1) is 12.2. The van der Waals surface area contributed by atoms with Crippen LogP contribution in [-0.2, 0) is 11.3 Å². The van der Waals surface area contributed by atoms with E-state index in [1.165, 1.54) is 19.3 Å². The predicted molar refractivity (Wildman–Crippen MR) is 77.3 cm³/mol. The lowest BCUT2D eigenvalue weighted by Crippen LogP contribution is -2.29. The minimum atomic E-state index is 0.184. The van der Waals surface area contributed by atoms with Gasteiger partial charge in [0.15, 0.2) is 0 Å². The molecule has 0 saturated heterocycles. The fourth-order valence-corrected chi connectivity index (χ4v) is 3.49. The van der Waals surface area contributed by atoms with Crippen LogP contribution >= 0.6 is 11.6 Å². The Morgan fingerprint density at radius 3 is 3.05 bits per heavy atom. The number of carbonyl (C=O) groups excluding carboxylic acids is 1. The third-order valence-electron chi connectivity index (χ3n) is 4.78. The highest BCUT2D eigenvalue weighted by atomic mass is 35.5. The van der Waals surface area contributed by atoms with E-state index in [1.807, 2.05) is 18.2 Å². The van der Waals surface area contributed by atoms with Gasteiger partial charge in [0.1, 0.15) is 5.82 Å². The van der Waals surface area contributed by atoms with E-state index in [2.05, 4.69) is 15.3 Å². The molecule has 2 aromatic rings. The highest BCUT2D eigenvalue weighted by Gasteiger charge is 2.60. The average molecular weight is 290 g/mol.